The highest BCUT2D eigenvalue weighted by Gasteiger charge is 2.29. The van der Waals surface area contributed by atoms with Crippen molar-refractivity contribution >= 4 is 22.6 Å². The lowest BCUT2D eigenvalue weighted by atomic mass is 9.98. The summed E-state index contributed by atoms with van der Waals surface area (Å²) in [6.45, 7) is 3.81. The van der Waals surface area contributed by atoms with E-state index in [4.69, 9.17) is 0 Å². The molecule has 0 heterocycles. The molecule has 0 radical (unpaired) electrons. The number of benzene rings is 3. The fourth-order valence-electron chi connectivity index (χ4n) is 4.05. The Balaban J connectivity index is 1.59. The van der Waals surface area contributed by atoms with Crippen LogP contribution in [-0.4, -0.2) is 18.4 Å². The van der Waals surface area contributed by atoms with Gasteiger partial charge in [-0.3, -0.25) is 9.59 Å². The van der Waals surface area contributed by atoms with Crippen LogP contribution in [0.3, 0.4) is 0 Å². The Kier molecular flexibility index (Phi) is 5.43. The second-order valence-corrected chi connectivity index (χ2v) is 7.41. The highest BCUT2D eigenvalue weighted by Crippen LogP contribution is 2.33. The molecule has 1 aliphatic rings. The van der Waals surface area contributed by atoms with Crippen LogP contribution in [0, 0.1) is 0 Å². The quantitative estimate of drug-likeness (QED) is 0.631. The third-order valence-corrected chi connectivity index (χ3v) is 5.61. The maximum Gasteiger partial charge on any atom is 0.243 e. The summed E-state index contributed by atoms with van der Waals surface area (Å²) in [5.74, 6) is -0.401. The van der Waals surface area contributed by atoms with Crippen molar-refractivity contribution in [3.05, 3.63) is 96.1 Å². The number of nitrogens with one attached hydrogen (secondary N) is 2. The molecule has 0 aromatic heterocycles. The topological polar surface area (TPSA) is 58.2 Å². The molecule has 0 saturated carbocycles. The van der Waals surface area contributed by atoms with Crippen molar-refractivity contribution in [1.82, 2.24) is 10.6 Å². The summed E-state index contributed by atoms with van der Waals surface area (Å²) in [7, 11) is 0. The molecule has 146 valence electrons. The van der Waals surface area contributed by atoms with Gasteiger partial charge < -0.3 is 10.6 Å². The molecule has 0 fully saturated rings. The average molecular weight is 384 g/mol. The standard InChI is InChI=1S/C25H24N2O2/c1-2-24(28)26-16-23(20-12-11-17-7-3-4-9-19(17)15-20)27-25(29)22-14-13-18-8-5-6-10-21(18)22/h2-12,15,22-23H,1,13-14,16H2,(H,26,28)(H,27,29)/t22-,23?/m1/s1. The molecule has 1 aliphatic carbocycles. The largest absolute Gasteiger partial charge is 0.350 e. The van der Waals surface area contributed by atoms with E-state index < -0.39 is 0 Å². The van der Waals surface area contributed by atoms with Crippen LogP contribution in [0.2, 0.25) is 0 Å². The van der Waals surface area contributed by atoms with Gasteiger partial charge >= 0.3 is 0 Å². The van der Waals surface area contributed by atoms with E-state index in [1.807, 2.05) is 48.5 Å². The van der Waals surface area contributed by atoms with E-state index >= 15 is 0 Å². The molecule has 3 aromatic carbocycles. The van der Waals surface area contributed by atoms with Crippen LogP contribution >= 0.6 is 0 Å². The minimum atomic E-state index is -0.316. The molecule has 0 aliphatic heterocycles. The number of fused-ring (bicyclic) bond motifs is 2. The molecule has 2 amide bonds. The Morgan fingerprint density at radius 2 is 1.79 bits per heavy atom. The number of hydrogen-bond acceptors (Lipinski definition) is 2. The van der Waals surface area contributed by atoms with E-state index in [9.17, 15) is 9.59 Å². The van der Waals surface area contributed by atoms with E-state index in [0.717, 1.165) is 34.7 Å². The Morgan fingerprint density at radius 3 is 2.62 bits per heavy atom. The predicted octanol–water partition coefficient (Wildman–Crippen LogP) is 4.03. The van der Waals surface area contributed by atoms with Gasteiger partial charge in [-0.2, -0.15) is 0 Å². The molecular weight excluding hydrogens is 360 g/mol. The monoisotopic (exact) mass is 384 g/mol. The minimum absolute atomic E-state index is 0.000889. The van der Waals surface area contributed by atoms with Crippen LogP contribution in [0.4, 0.5) is 0 Å². The highest BCUT2D eigenvalue weighted by molar-refractivity contribution is 5.88. The molecular formula is C25H24N2O2. The predicted molar refractivity (Wildman–Crippen MR) is 116 cm³/mol. The van der Waals surface area contributed by atoms with Crippen LogP contribution in [-0.2, 0) is 16.0 Å². The summed E-state index contributed by atoms with van der Waals surface area (Å²) in [6.07, 6.45) is 2.98. The van der Waals surface area contributed by atoms with Gasteiger partial charge in [0, 0.05) is 6.54 Å². The van der Waals surface area contributed by atoms with E-state index in [1.165, 1.54) is 11.6 Å². The molecule has 0 bridgehead atoms. The van der Waals surface area contributed by atoms with Gasteiger partial charge in [0.2, 0.25) is 11.8 Å². The first kappa shape index (κ1) is 18.9. The number of carbonyl (C=O) groups is 2. The molecule has 2 N–H and O–H groups in total. The Bertz CT molecular complexity index is 1070. The SMILES string of the molecule is C=CC(=O)NCC(NC(=O)[C@@H]1CCc2ccccc21)c1ccc2ccccc2c1. The van der Waals surface area contributed by atoms with E-state index in [2.05, 4.69) is 35.4 Å². The third-order valence-electron chi connectivity index (χ3n) is 5.61. The van der Waals surface area contributed by atoms with Gasteiger partial charge in [-0.15, -0.1) is 0 Å². The van der Waals surface area contributed by atoms with Crippen molar-refractivity contribution < 1.29 is 9.59 Å². The lowest BCUT2D eigenvalue weighted by Gasteiger charge is -2.22. The van der Waals surface area contributed by atoms with Gasteiger partial charge in [0.25, 0.3) is 0 Å². The Hall–Kier alpha value is -3.40. The van der Waals surface area contributed by atoms with Crippen molar-refractivity contribution in [1.29, 1.82) is 0 Å². The highest BCUT2D eigenvalue weighted by atomic mass is 16.2. The molecule has 2 atom stereocenters. The fraction of sp³-hybridized carbons (Fsp3) is 0.200. The molecule has 4 rings (SSSR count). The van der Waals surface area contributed by atoms with Crippen LogP contribution in [0.15, 0.2) is 79.4 Å². The summed E-state index contributed by atoms with van der Waals surface area (Å²) in [5, 5.41) is 8.24. The summed E-state index contributed by atoms with van der Waals surface area (Å²) in [6, 6.07) is 22.0. The maximum absolute atomic E-state index is 13.1. The van der Waals surface area contributed by atoms with Gasteiger partial charge in [0.05, 0.1) is 12.0 Å². The second kappa shape index (κ2) is 8.31. The minimum Gasteiger partial charge on any atom is -0.350 e. The molecule has 0 spiro atoms. The molecule has 4 heteroatoms. The molecule has 29 heavy (non-hydrogen) atoms. The van der Waals surface area contributed by atoms with Gasteiger partial charge in [-0.1, -0.05) is 67.2 Å². The van der Waals surface area contributed by atoms with Crippen LogP contribution in [0.1, 0.15) is 35.1 Å². The zero-order valence-electron chi connectivity index (χ0n) is 16.2. The zero-order chi connectivity index (χ0) is 20.2. The van der Waals surface area contributed by atoms with Gasteiger partial charge in [-0.25, -0.2) is 0 Å². The number of carbonyl (C=O) groups excluding carboxylic acids is 2. The first-order valence-corrected chi connectivity index (χ1v) is 9.93. The summed E-state index contributed by atoms with van der Waals surface area (Å²) >= 11 is 0. The number of amides is 2. The third kappa shape index (κ3) is 4.06. The van der Waals surface area contributed by atoms with Gasteiger partial charge in [0.1, 0.15) is 0 Å². The smallest absolute Gasteiger partial charge is 0.243 e. The lowest BCUT2D eigenvalue weighted by molar-refractivity contribution is -0.123. The molecule has 4 nitrogen and oxygen atoms in total. The average Bonchev–Trinajstić information content (AvgIpc) is 3.20. The van der Waals surface area contributed by atoms with Crippen molar-refractivity contribution in [2.24, 2.45) is 0 Å². The van der Waals surface area contributed by atoms with Crippen molar-refractivity contribution in [3.63, 3.8) is 0 Å². The summed E-state index contributed by atoms with van der Waals surface area (Å²) in [4.78, 5) is 24.8. The van der Waals surface area contributed by atoms with Crippen molar-refractivity contribution in [2.75, 3.05) is 6.54 Å². The van der Waals surface area contributed by atoms with Crippen LogP contribution < -0.4 is 10.6 Å². The Labute approximate surface area is 170 Å². The zero-order valence-corrected chi connectivity index (χ0v) is 16.2. The maximum atomic E-state index is 13.1. The summed E-state index contributed by atoms with van der Waals surface area (Å²) < 4.78 is 0. The van der Waals surface area contributed by atoms with Crippen molar-refractivity contribution in [2.45, 2.75) is 24.8 Å². The fourth-order valence-corrected chi connectivity index (χ4v) is 4.05. The van der Waals surface area contributed by atoms with Crippen LogP contribution in [0.5, 0.6) is 0 Å². The molecule has 1 unspecified atom stereocenters. The molecule has 3 aromatic rings. The van der Waals surface area contributed by atoms with E-state index in [0.29, 0.717) is 6.54 Å². The number of aryl methyl sites for hydroxylation is 1. The lowest BCUT2D eigenvalue weighted by Crippen LogP contribution is -2.39. The second-order valence-electron chi connectivity index (χ2n) is 7.41. The first-order valence-electron chi connectivity index (χ1n) is 9.93. The normalized spacial score (nSPS) is 16.1. The van der Waals surface area contributed by atoms with Gasteiger partial charge in [0.15, 0.2) is 0 Å². The number of hydrogen-bond donors (Lipinski definition) is 2. The van der Waals surface area contributed by atoms with E-state index in [1.54, 1.807) is 0 Å². The Morgan fingerprint density at radius 1 is 1.03 bits per heavy atom. The molecule has 0 saturated heterocycles. The van der Waals surface area contributed by atoms with Crippen LogP contribution in [0.25, 0.3) is 10.8 Å². The summed E-state index contributed by atoms with van der Waals surface area (Å²) in [5.41, 5.74) is 3.32. The van der Waals surface area contributed by atoms with E-state index in [-0.39, 0.29) is 23.8 Å². The number of rotatable bonds is 6. The van der Waals surface area contributed by atoms with Crippen molar-refractivity contribution in [3.8, 4) is 0 Å². The first-order chi connectivity index (χ1) is 14.2. The van der Waals surface area contributed by atoms with Gasteiger partial charge in [-0.05, 0) is 52.4 Å².